The van der Waals surface area contributed by atoms with Gasteiger partial charge in [-0.1, -0.05) is 34.6 Å². The normalized spacial score (nSPS) is 11.6. The lowest BCUT2D eigenvalue weighted by Crippen LogP contribution is -2.40. The smallest absolute Gasteiger partial charge is 0.245 e. The van der Waals surface area contributed by atoms with Gasteiger partial charge in [-0.25, -0.2) is 9.07 Å². The summed E-state index contributed by atoms with van der Waals surface area (Å²) >= 11 is 0. The standard InChI is InChI=1S/C21H29FN4O2/c1-7-25(20(28)14(2)3)13-19(27)23-18-12-17(21(4,5)6)24-26(18)16-10-8-15(22)9-11-16/h8-12,14H,7,13H2,1-6H3,(H,23,27). The van der Waals surface area contributed by atoms with E-state index < -0.39 is 0 Å². The highest BCUT2D eigenvalue weighted by atomic mass is 19.1. The SMILES string of the molecule is CCN(CC(=O)Nc1cc(C(C)(C)C)nn1-c1ccc(F)cc1)C(=O)C(C)C. The van der Waals surface area contributed by atoms with Gasteiger partial charge in [0.2, 0.25) is 11.8 Å². The summed E-state index contributed by atoms with van der Waals surface area (Å²) in [5.41, 5.74) is 1.20. The first-order valence-corrected chi connectivity index (χ1v) is 9.48. The molecule has 0 aliphatic rings. The van der Waals surface area contributed by atoms with E-state index in [1.165, 1.54) is 17.0 Å². The number of carbonyl (C=O) groups excluding carboxylic acids is 2. The first kappa shape index (κ1) is 21.6. The molecule has 28 heavy (non-hydrogen) atoms. The highest BCUT2D eigenvalue weighted by Gasteiger charge is 2.23. The van der Waals surface area contributed by atoms with Crippen molar-refractivity contribution in [3.63, 3.8) is 0 Å². The lowest BCUT2D eigenvalue weighted by molar-refractivity contribution is -0.137. The van der Waals surface area contributed by atoms with Gasteiger partial charge in [0.05, 0.1) is 17.9 Å². The number of amides is 2. The third-order valence-corrected chi connectivity index (χ3v) is 4.34. The molecule has 0 atom stereocenters. The zero-order valence-electron chi connectivity index (χ0n) is 17.4. The monoisotopic (exact) mass is 388 g/mol. The summed E-state index contributed by atoms with van der Waals surface area (Å²) in [7, 11) is 0. The Morgan fingerprint density at radius 3 is 2.32 bits per heavy atom. The summed E-state index contributed by atoms with van der Waals surface area (Å²) in [5.74, 6) is -0.414. The van der Waals surface area contributed by atoms with Crippen LogP contribution in [0.3, 0.4) is 0 Å². The van der Waals surface area contributed by atoms with Crippen molar-refractivity contribution in [2.45, 2.75) is 47.0 Å². The van der Waals surface area contributed by atoms with Crippen LogP contribution in [0.2, 0.25) is 0 Å². The van der Waals surface area contributed by atoms with Crippen molar-refractivity contribution >= 4 is 17.6 Å². The molecule has 2 amide bonds. The molecule has 0 aliphatic carbocycles. The van der Waals surface area contributed by atoms with Gasteiger partial charge in [0, 0.05) is 23.9 Å². The van der Waals surface area contributed by atoms with Crippen molar-refractivity contribution in [3.05, 3.63) is 41.8 Å². The minimum Gasteiger partial charge on any atom is -0.333 e. The predicted molar refractivity (Wildman–Crippen MR) is 108 cm³/mol. The molecule has 0 aliphatic heterocycles. The van der Waals surface area contributed by atoms with Gasteiger partial charge in [-0.05, 0) is 31.2 Å². The number of nitrogens with zero attached hydrogens (tertiary/aromatic N) is 3. The molecule has 2 rings (SSSR count). The summed E-state index contributed by atoms with van der Waals surface area (Å²) < 4.78 is 14.9. The molecule has 1 aromatic heterocycles. The van der Waals surface area contributed by atoms with Gasteiger partial charge in [0.15, 0.2) is 0 Å². The highest BCUT2D eigenvalue weighted by molar-refractivity contribution is 5.94. The van der Waals surface area contributed by atoms with E-state index in [2.05, 4.69) is 10.4 Å². The number of benzene rings is 1. The van der Waals surface area contributed by atoms with Crippen LogP contribution in [0.1, 0.15) is 47.2 Å². The second kappa shape index (κ2) is 8.54. The number of carbonyl (C=O) groups is 2. The summed E-state index contributed by atoms with van der Waals surface area (Å²) in [6.07, 6.45) is 0. The minimum absolute atomic E-state index is 0.0348. The minimum atomic E-state index is -0.344. The second-order valence-electron chi connectivity index (χ2n) is 8.11. The zero-order chi connectivity index (χ0) is 21.1. The van der Waals surface area contributed by atoms with Crippen LogP contribution in [0.15, 0.2) is 30.3 Å². The quantitative estimate of drug-likeness (QED) is 0.819. The van der Waals surface area contributed by atoms with E-state index in [0.717, 1.165) is 5.69 Å². The third-order valence-electron chi connectivity index (χ3n) is 4.34. The lowest BCUT2D eigenvalue weighted by Gasteiger charge is -2.22. The Morgan fingerprint density at radius 2 is 1.82 bits per heavy atom. The van der Waals surface area contributed by atoms with Crippen molar-refractivity contribution in [2.75, 3.05) is 18.4 Å². The number of likely N-dealkylation sites (N-methyl/N-ethyl adjacent to an activating group) is 1. The first-order chi connectivity index (χ1) is 13.0. The second-order valence-corrected chi connectivity index (χ2v) is 8.11. The molecule has 0 fully saturated rings. The molecule has 7 heteroatoms. The summed E-state index contributed by atoms with van der Waals surface area (Å²) in [5, 5.41) is 7.44. The van der Waals surface area contributed by atoms with Gasteiger partial charge in [-0.15, -0.1) is 0 Å². The van der Waals surface area contributed by atoms with Gasteiger partial charge in [0.1, 0.15) is 11.6 Å². The molecule has 1 heterocycles. The molecular weight excluding hydrogens is 359 g/mol. The topological polar surface area (TPSA) is 67.2 Å². The fourth-order valence-corrected chi connectivity index (χ4v) is 2.68. The van der Waals surface area contributed by atoms with Gasteiger partial charge in [-0.2, -0.15) is 5.10 Å². The Balaban J connectivity index is 2.30. The van der Waals surface area contributed by atoms with E-state index in [9.17, 15) is 14.0 Å². The number of anilines is 1. The predicted octanol–water partition coefficient (Wildman–Crippen LogP) is 3.75. The van der Waals surface area contributed by atoms with Crippen LogP contribution in [-0.2, 0) is 15.0 Å². The van der Waals surface area contributed by atoms with E-state index in [1.54, 1.807) is 16.8 Å². The van der Waals surface area contributed by atoms with Gasteiger partial charge in [-0.3, -0.25) is 9.59 Å². The van der Waals surface area contributed by atoms with Gasteiger partial charge >= 0.3 is 0 Å². The number of hydrogen-bond acceptors (Lipinski definition) is 3. The van der Waals surface area contributed by atoms with Crippen LogP contribution < -0.4 is 5.32 Å². The summed E-state index contributed by atoms with van der Waals surface area (Å²) in [6, 6.07) is 7.71. The Morgan fingerprint density at radius 1 is 1.21 bits per heavy atom. The summed E-state index contributed by atoms with van der Waals surface area (Å²) in [6.45, 7) is 11.9. The number of halogens is 1. The van der Waals surface area contributed by atoms with Crippen molar-refractivity contribution in [1.29, 1.82) is 0 Å². The molecule has 6 nitrogen and oxygen atoms in total. The number of nitrogens with one attached hydrogen (secondary N) is 1. The van der Waals surface area contributed by atoms with Gasteiger partial charge < -0.3 is 10.2 Å². The molecule has 0 unspecified atom stereocenters. The van der Waals surface area contributed by atoms with Crippen LogP contribution >= 0.6 is 0 Å². The van der Waals surface area contributed by atoms with E-state index in [4.69, 9.17) is 0 Å². The van der Waals surface area contributed by atoms with Crippen molar-refractivity contribution in [3.8, 4) is 5.69 Å². The molecule has 0 radical (unpaired) electrons. The molecule has 1 aromatic carbocycles. The highest BCUT2D eigenvalue weighted by Crippen LogP contribution is 2.26. The Labute approximate surface area is 165 Å². The van der Waals surface area contributed by atoms with Crippen LogP contribution in [0.5, 0.6) is 0 Å². The Hall–Kier alpha value is -2.70. The Bertz CT molecular complexity index is 835. The molecule has 0 spiro atoms. The molecule has 0 saturated heterocycles. The van der Waals surface area contributed by atoms with Crippen LogP contribution in [0, 0.1) is 11.7 Å². The molecule has 0 bridgehead atoms. The maximum atomic E-state index is 13.3. The molecule has 1 N–H and O–H groups in total. The number of rotatable bonds is 6. The third kappa shape index (κ3) is 5.18. The van der Waals surface area contributed by atoms with E-state index in [0.29, 0.717) is 18.1 Å². The van der Waals surface area contributed by atoms with E-state index in [-0.39, 0.29) is 35.5 Å². The fraction of sp³-hybridized carbons (Fsp3) is 0.476. The van der Waals surface area contributed by atoms with Crippen LogP contribution in [0.4, 0.5) is 10.2 Å². The maximum absolute atomic E-state index is 13.3. The molecule has 152 valence electrons. The van der Waals surface area contributed by atoms with Crippen molar-refractivity contribution < 1.29 is 14.0 Å². The van der Waals surface area contributed by atoms with Crippen LogP contribution in [0.25, 0.3) is 5.69 Å². The Kier molecular flexibility index (Phi) is 6.59. The lowest BCUT2D eigenvalue weighted by atomic mass is 9.92. The fourth-order valence-electron chi connectivity index (χ4n) is 2.68. The zero-order valence-corrected chi connectivity index (χ0v) is 17.4. The van der Waals surface area contributed by atoms with Crippen LogP contribution in [-0.4, -0.2) is 39.6 Å². The maximum Gasteiger partial charge on any atom is 0.245 e. The molecular formula is C21H29FN4O2. The van der Waals surface area contributed by atoms with E-state index >= 15 is 0 Å². The number of aromatic nitrogens is 2. The molecule has 2 aromatic rings. The largest absolute Gasteiger partial charge is 0.333 e. The van der Waals surface area contributed by atoms with Crippen molar-refractivity contribution in [2.24, 2.45) is 5.92 Å². The molecule has 0 saturated carbocycles. The van der Waals surface area contributed by atoms with Crippen molar-refractivity contribution in [1.82, 2.24) is 14.7 Å². The number of hydrogen-bond donors (Lipinski definition) is 1. The first-order valence-electron chi connectivity index (χ1n) is 9.48. The average molecular weight is 388 g/mol. The van der Waals surface area contributed by atoms with Gasteiger partial charge in [0.25, 0.3) is 0 Å². The van der Waals surface area contributed by atoms with E-state index in [1.807, 2.05) is 47.6 Å². The average Bonchev–Trinajstić information content (AvgIpc) is 3.03. The summed E-state index contributed by atoms with van der Waals surface area (Å²) in [4.78, 5) is 26.3.